The number of benzene rings is 1. The molecule has 0 radical (unpaired) electrons. The molecular weight excluding hydrogens is 261 g/mol. The predicted molar refractivity (Wildman–Crippen MR) is 62.9 cm³/mol. The van der Waals surface area contributed by atoms with Crippen molar-refractivity contribution < 1.29 is 22.3 Å². The molecule has 18 heavy (non-hydrogen) atoms. The average molecular weight is 275 g/mol. The topological polar surface area (TPSA) is 86.5 Å². The number of hydrogen-bond acceptors (Lipinski definition) is 4. The van der Waals surface area contributed by atoms with Crippen LogP contribution in [0.3, 0.4) is 0 Å². The second kappa shape index (κ2) is 5.45. The first-order chi connectivity index (χ1) is 8.25. The standard InChI is InChI=1S/C11H14FNO4S/c1-3-7(2)17-11(14)9-6-8(18(13,15)16)4-5-10(9)12/h4-7H,3H2,1-2H3,(H2,13,15,16). The Bertz CT molecular complexity index is 556. The largest absolute Gasteiger partial charge is 0.459 e. The van der Waals surface area contributed by atoms with Crippen molar-refractivity contribution in [1.29, 1.82) is 0 Å². The summed E-state index contributed by atoms with van der Waals surface area (Å²) < 4.78 is 40.5. The van der Waals surface area contributed by atoms with Gasteiger partial charge in [0.05, 0.1) is 16.6 Å². The van der Waals surface area contributed by atoms with Gasteiger partial charge in [-0.3, -0.25) is 0 Å². The van der Waals surface area contributed by atoms with Gasteiger partial charge in [-0.2, -0.15) is 0 Å². The van der Waals surface area contributed by atoms with E-state index in [0.717, 1.165) is 18.2 Å². The lowest BCUT2D eigenvalue weighted by atomic mass is 10.2. The maximum absolute atomic E-state index is 13.4. The van der Waals surface area contributed by atoms with Crippen LogP contribution < -0.4 is 5.14 Å². The van der Waals surface area contributed by atoms with E-state index < -0.39 is 27.4 Å². The number of esters is 1. The summed E-state index contributed by atoms with van der Waals surface area (Å²) in [5.41, 5.74) is -0.443. The smallest absolute Gasteiger partial charge is 0.341 e. The van der Waals surface area contributed by atoms with Crippen LogP contribution in [-0.4, -0.2) is 20.5 Å². The molecule has 2 N–H and O–H groups in total. The zero-order valence-electron chi connectivity index (χ0n) is 10.0. The van der Waals surface area contributed by atoms with Gasteiger partial charge in [-0.15, -0.1) is 0 Å². The molecule has 0 bridgehead atoms. The summed E-state index contributed by atoms with van der Waals surface area (Å²) in [6, 6.07) is 2.73. The Hall–Kier alpha value is -1.47. The van der Waals surface area contributed by atoms with Crippen LogP contribution in [0, 0.1) is 5.82 Å². The van der Waals surface area contributed by atoms with Gasteiger partial charge in [-0.1, -0.05) is 6.92 Å². The summed E-state index contributed by atoms with van der Waals surface area (Å²) >= 11 is 0. The van der Waals surface area contributed by atoms with Crippen LogP contribution in [0.1, 0.15) is 30.6 Å². The third kappa shape index (κ3) is 3.51. The molecule has 7 heteroatoms. The number of nitrogens with two attached hydrogens (primary N) is 1. The van der Waals surface area contributed by atoms with E-state index in [4.69, 9.17) is 9.88 Å². The first kappa shape index (κ1) is 14.6. The van der Waals surface area contributed by atoms with Crippen LogP contribution in [0.4, 0.5) is 4.39 Å². The van der Waals surface area contributed by atoms with Crippen LogP contribution in [0.2, 0.25) is 0 Å². The molecule has 1 rings (SSSR count). The minimum absolute atomic E-state index is 0.333. The number of hydrogen-bond donors (Lipinski definition) is 1. The number of carbonyl (C=O) groups is 1. The molecule has 1 aromatic rings. The van der Waals surface area contributed by atoms with E-state index in [9.17, 15) is 17.6 Å². The lowest BCUT2D eigenvalue weighted by Crippen LogP contribution is -2.17. The van der Waals surface area contributed by atoms with Crippen molar-refractivity contribution in [2.24, 2.45) is 5.14 Å². The minimum atomic E-state index is -3.98. The molecule has 0 fully saturated rings. The monoisotopic (exact) mass is 275 g/mol. The van der Waals surface area contributed by atoms with Gasteiger partial charge in [-0.25, -0.2) is 22.7 Å². The van der Waals surface area contributed by atoms with Crippen LogP contribution in [0.25, 0.3) is 0 Å². The number of sulfonamides is 1. The van der Waals surface area contributed by atoms with Gasteiger partial charge in [0.25, 0.3) is 0 Å². The molecule has 5 nitrogen and oxygen atoms in total. The van der Waals surface area contributed by atoms with E-state index in [-0.39, 0.29) is 11.0 Å². The van der Waals surface area contributed by atoms with E-state index in [1.165, 1.54) is 0 Å². The van der Waals surface area contributed by atoms with E-state index in [1.54, 1.807) is 13.8 Å². The first-order valence-electron chi connectivity index (χ1n) is 5.29. The van der Waals surface area contributed by atoms with E-state index in [1.807, 2.05) is 0 Å². The van der Waals surface area contributed by atoms with Gasteiger partial charge in [-0.05, 0) is 31.5 Å². The number of halogens is 1. The quantitative estimate of drug-likeness (QED) is 0.842. The van der Waals surface area contributed by atoms with Crippen molar-refractivity contribution >= 4 is 16.0 Å². The highest BCUT2D eigenvalue weighted by Crippen LogP contribution is 2.16. The highest BCUT2D eigenvalue weighted by atomic mass is 32.2. The van der Waals surface area contributed by atoms with Gasteiger partial charge in [0, 0.05) is 0 Å². The van der Waals surface area contributed by atoms with E-state index in [2.05, 4.69) is 0 Å². The molecule has 1 aromatic carbocycles. The summed E-state index contributed by atoms with van der Waals surface area (Å²) in [6.45, 7) is 3.45. The molecule has 0 aliphatic heterocycles. The lowest BCUT2D eigenvalue weighted by Gasteiger charge is -2.11. The van der Waals surface area contributed by atoms with Crippen molar-refractivity contribution in [3.05, 3.63) is 29.6 Å². The Kier molecular flexibility index (Phi) is 4.42. The van der Waals surface area contributed by atoms with Gasteiger partial charge in [0.15, 0.2) is 0 Å². The van der Waals surface area contributed by atoms with Crippen molar-refractivity contribution in [3.63, 3.8) is 0 Å². The van der Waals surface area contributed by atoms with E-state index in [0.29, 0.717) is 6.42 Å². The summed E-state index contributed by atoms with van der Waals surface area (Å²) in [5, 5.41) is 4.90. The van der Waals surface area contributed by atoms with Crippen molar-refractivity contribution in [1.82, 2.24) is 0 Å². The molecule has 1 unspecified atom stereocenters. The second-order valence-corrected chi connectivity index (χ2v) is 5.37. The first-order valence-corrected chi connectivity index (χ1v) is 6.83. The zero-order chi connectivity index (χ0) is 13.9. The predicted octanol–water partition coefficient (Wildman–Crippen LogP) is 1.43. The van der Waals surface area contributed by atoms with Crippen LogP contribution >= 0.6 is 0 Å². The Morgan fingerprint density at radius 3 is 2.61 bits per heavy atom. The average Bonchev–Trinajstić information content (AvgIpc) is 2.27. The lowest BCUT2D eigenvalue weighted by molar-refractivity contribution is 0.0329. The fourth-order valence-corrected chi connectivity index (χ4v) is 1.71. The summed E-state index contributed by atoms with van der Waals surface area (Å²) in [5.74, 6) is -1.76. The summed E-state index contributed by atoms with van der Waals surface area (Å²) in [6.07, 6.45) is 0.192. The molecule has 1 atom stereocenters. The molecular formula is C11H14FNO4S. The maximum Gasteiger partial charge on any atom is 0.341 e. The molecule has 0 saturated carbocycles. The fraction of sp³-hybridized carbons (Fsp3) is 0.364. The van der Waals surface area contributed by atoms with Gasteiger partial charge in [0.1, 0.15) is 5.82 Å². The number of ether oxygens (including phenoxy) is 1. The summed E-state index contributed by atoms with van der Waals surface area (Å²) in [4.78, 5) is 11.3. The molecule has 100 valence electrons. The second-order valence-electron chi connectivity index (χ2n) is 3.81. The maximum atomic E-state index is 13.4. The van der Waals surface area contributed by atoms with Crippen molar-refractivity contribution in [2.45, 2.75) is 31.3 Å². The molecule has 0 aromatic heterocycles. The molecule has 0 spiro atoms. The van der Waals surface area contributed by atoms with Gasteiger partial charge in [0.2, 0.25) is 10.0 Å². The fourth-order valence-electron chi connectivity index (χ4n) is 1.17. The van der Waals surface area contributed by atoms with E-state index >= 15 is 0 Å². The number of carbonyl (C=O) groups excluding carboxylic acids is 1. The van der Waals surface area contributed by atoms with Gasteiger partial charge >= 0.3 is 5.97 Å². The molecule has 0 heterocycles. The Morgan fingerprint density at radius 1 is 1.50 bits per heavy atom. The molecule has 0 aliphatic carbocycles. The normalized spacial score (nSPS) is 13.1. The third-order valence-electron chi connectivity index (χ3n) is 2.37. The Balaban J connectivity index is 3.12. The third-order valence-corrected chi connectivity index (χ3v) is 3.28. The Labute approximate surface area is 105 Å². The highest BCUT2D eigenvalue weighted by molar-refractivity contribution is 7.89. The van der Waals surface area contributed by atoms with Crippen molar-refractivity contribution in [2.75, 3.05) is 0 Å². The number of primary sulfonamides is 1. The summed E-state index contributed by atoms with van der Waals surface area (Å²) in [7, 11) is -3.98. The van der Waals surface area contributed by atoms with Crippen LogP contribution in [-0.2, 0) is 14.8 Å². The SMILES string of the molecule is CCC(C)OC(=O)c1cc(S(N)(=O)=O)ccc1F. The van der Waals surface area contributed by atoms with Crippen LogP contribution in [0.5, 0.6) is 0 Å². The number of rotatable bonds is 4. The molecule has 0 saturated heterocycles. The molecule has 0 aliphatic rings. The van der Waals surface area contributed by atoms with Crippen molar-refractivity contribution in [3.8, 4) is 0 Å². The van der Waals surface area contributed by atoms with Gasteiger partial charge < -0.3 is 4.74 Å². The minimum Gasteiger partial charge on any atom is -0.459 e. The zero-order valence-corrected chi connectivity index (χ0v) is 10.8. The molecule has 0 amide bonds. The highest BCUT2D eigenvalue weighted by Gasteiger charge is 2.19. The van der Waals surface area contributed by atoms with Crippen LogP contribution in [0.15, 0.2) is 23.1 Å². The Morgan fingerprint density at radius 2 is 2.11 bits per heavy atom.